The summed E-state index contributed by atoms with van der Waals surface area (Å²) < 4.78 is 5.60. The van der Waals surface area contributed by atoms with Crippen LogP contribution in [0.15, 0.2) is 0 Å². The number of nitrogens with two attached hydrogens (primary N) is 1. The van der Waals surface area contributed by atoms with Crippen LogP contribution in [0.3, 0.4) is 0 Å². The van der Waals surface area contributed by atoms with Crippen LogP contribution in [-0.2, 0) is 9.53 Å². The van der Waals surface area contributed by atoms with E-state index in [4.69, 9.17) is 10.5 Å². The third kappa shape index (κ3) is 3.96. The molecule has 0 aromatic rings. The highest BCUT2D eigenvalue weighted by molar-refractivity contribution is 5.82. The van der Waals surface area contributed by atoms with Gasteiger partial charge < -0.3 is 15.4 Å². The van der Waals surface area contributed by atoms with Crippen LogP contribution in [0.25, 0.3) is 0 Å². The maximum Gasteiger partial charge on any atom is 0.239 e. The van der Waals surface area contributed by atoms with Gasteiger partial charge in [-0.1, -0.05) is 20.3 Å². The second kappa shape index (κ2) is 6.97. The smallest absolute Gasteiger partial charge is 0.239 e. The minimum Gasteiger partial charge on any atom is -0.377 e. The summed E-state index contributed by atoms with van der Waals surface area (Å²) in [4.78, 5) is 14.1. The van der Waals surface area contributed by atoms with Gasteiger partial charge >= 0.3 is 0 Å². The Morgan fingerprint density at radius 2 is 2.24 bits per heavy atom. The number of rotatable bonds is 5. The van der Waals surface area contributed by atoms with Crippen LogP contribution in [0.4, 0.5) is 0 Å². The van der Waals surface area contributed by atoms with Crippen molar-refractivity contribution in [2.24, 2.45) is 11.7 Å². The maximum absolute atomic E-state index is 12.2. The van der Waals surface area contributed by atoms with Gasteiger partial charge in [0.2, 0.25) is 5.91 Å². The Bertz CT molecular complexity index is 244. The van der Waals surface area contributed by atoms with Crippen molar-refractivity contribution in [1.29, 1.82) is 0 Å². The van der Waals surface area contributed by atoms with Gasteiger partial charge in [-0.25, -0.2) is 0 Å². The SMILES string of the molecule is CCOC1CCCN(C(=O)C(N)C(C)CC)C1. The predicted octanol–water partition coefficient (Wildman–Crippen LogP) is 1.39. The van der Waals surface area contributed by atoms with Crippen molar-refractivity contribution in [3.8, 4) is 0 Å². The van der Waals surface area contributed by atoms with E-state index in [1.165, 1.54) is 0 Å². The predicted molar refractivity (Wildman–Crippen MR) is 68.7 cm³/mol. The third-order valence-electron chi connectivity index (χ3n) is 3.63. The molecule has 1 fully saturated rings. The molecule has 0 aromatic heterocycles. The lowest BCUT2D eigenvalue weighted by atomic mass is 9.97. The van der Waals surface area contributed by atoms with E-state index in [0.717, 1.165) is 25.8 Å². The highest BCUT2D eigenvalue weighted by Gasteiger charge is 2.29. The molecule has 1 rings (SSSR count). The molecule has 100 valence electrons. The molecule has 17 heavy (non-hydrogen) atoms. The zero-order valence-corrected chi connectivity index (χ0v) is 11.3. The van der Waals surface area contributed by atoms with Gasteiger partial charge in [-0.2, -0.15) is 0 Å². The zero-order valence-electron chi connectivity index (χ0n) is 11.3. The molecule has 3 unspecified atom stereocenters. The molecular formula is C13H26N2O2. The molecule has 3 atom stereocenters. The normalized spacial score (nSPS) is 24.5. The molecule has 0 radical (unpaired) electrons. The number of likely N-dealkylation sites (tertiary alicyclic amines) is 1. The number of carbonyl (C=O) groups excluding carboxylic acids is 1. The fourth-order valence-electron chi connectivity index (χ4n) is 2.22. The van der Waals surface area contributed by atoms with Crippen molar-refractivity contribution >= 4 is 5.91 Å². The summed E-state index contributed by atoms with van der Waals surface area (Å²) in [7, 11) is 0. The Hall–Kier alpha value is -0.610. The van der Waals surface area contributed by atoms with Crippen LogP contribution in [-0.4, -0.2) is 42.6 Å². The highest BCUT2D eigenvalue weighted by atomic mass is 16.5. The molecule has 1 heterocycles. The first-order valence-electron chi connectivity index (χ1n) is 6.76. The van der Waals surface area contributed by atoms with Crippen molar-refractivity contribution in [1.82, 2.24) is 4.90 Å². The number of ether oxygens (including phenoxy) is 1. The van der Waals surface area contributed by atoms with Crippen molar-refractivity contribution in [2.75, 3.05) is 19.7 Å². The van der Waals surface area contributed by atoms with Crippen molar-refractivity contribution in [3.05, 3.63) is 0 Å². The molecule has 0 aliphatic carbocycles. The fraction of sp³-hybridized carbons (Fsp3) is 0.923. The van der Waals surface area contributed by atoms with E-state index in [1.54, 1.807) is 0 Å². The monoisotopic (exact) mass is 242 g/mol. The molecule has 1 aliphatic rings. The van der Waals surface area contributed by atoms with Crippen LogP contribution < -0.4 is 5.73 Å². The molecule has 1 amide bonds. The molecule has 1 aliphatic heterocycles. The maximum atomic E-state index is 12.2. The van der Waals surface area contributed by atoms with Crippen molar-refractivity contribution < 1.29 is 9.53 Å². The molecular weight excluding hydrogens is 216 g/mol. The van der Waals surface area contributed by atoms with Crippen molar-refractivity contribution in [2.45, 2.75) is 52.2 Å². The van der Waals surface area contributed by atoms with Crippen LogP contribution in [0, 0.1) is 5.92 Å². The molecule has 2 N–H and O–H groups in total. The van der Waals surface area contributed by atoms with E-state index >= 15 is 0 Å². The number of hydrogen-bond donors (Lipinski definition) is 1. The van der Waals surface area contributed by atoms with Crippen LogP contribution in [0.5, 0.6) is 0 Å². The van der Waals surface area contributed by atoms with Gasteiger partial charge in [-0.05, 0) is 25.7 Å². The first-order chi connectivity index (χ1) is 8.10. The van der Waals surface area contributed by atoms with E-state index in [2.05, 4.69) is 6.92 Å². The second-order valence-electron chi connectivity index (χ2n) is 4.92. The molecule has 0 saturated carbocycles. The largest absolute Gasteiger partial charge is 0.377 e. The minimum atomic E-state index is -0.361. The molecule has 0 spiro atoms. The van der Waals surface area contributed by atoms with Gasteiger partial charge in [0.25, 0.3) is 0 Å². The summed E-state index contributed by atoms with van der Waals surface area (Å²) in [6.07, 6.45) is 3.21. The summed E-state index contributed by atoms with van der Waals surface area (Å²) in [5.41, 5.74) is 5.99. The van der Waals surface area contributed by atoms with Crippen LogP contribution >= 0.6 is 0 Å². The Kier molecular flexibility index (Phi) is 5.92. The van der Waals surface area contributed by atoms with Gasteiger partial charge in [0.05, 0.1) is 12.1 Å². The molecule has 4 nitrogen and oxygen atoms in total. The van der Waals surface area contributed by atoms with E-state index in [9.17, 15) is 4.79 Å². The Balaban J connectivity index is 2.51. The zero-order chi connectivity index (χ0) is 12.8. The van der Waals surface area contributed by atoms with Crippen molar-refractivity contribution in [3.63, 3.8) is 0 Å². The van der Waals surface area contributed by atoms with Crippen LogP contribution in [0.2, 0.25) is 0 Å². The lowest BCUT2D eigenvalue weighted by Gasteiger charge is -2.35. The Labute approximate surface area is 104 Å². The topological polar surface area (TPSA) is 55.6 Å². The summed E-state index contributed by atoms with van der Waals surface area (Å²) in [6, 6.07) is -0.361. The number of hydrogen-bond acceptors (Lipinski definition) is 3. The fourth-order valence-corrected chi connectivity index (χ4v) is 2.22. The lowest BCUT2D eigenvalue weighted by molar-refractivity contribution is -0.137. The summed E-state index contributed by atoms with van der Waals surface area (Å²) in [5.74, 6) is 0.332. The number of amides is 1. The summed E-state index contributed by atoms with van der Waals surface area (Å²) >= 11 is 0. The van der Waals surface area contributed by atoms with E-state index in [-0.39, 0.29) is 24.0 Å². The average Bonchev–Trinajstić information content (AvgIpc) is 2.36. The standard InChI is InChI=1S/C13H26N2O2/c1-4-10(3)12(14)13(16)15-8-6-7-11(9-15)17-5-2/h10-12H,4-9,14H2,1-3H3. The second-order valence-corrected chi connectivity index (χ2v) is 4.92. The van der Waals surface area contributed by atoms with Crippen LogP contribution in [0.1, 0.15) is 40.0 Å². The molecule has 1 saturated heterocycles. The molecule has 0 aromatic carbocycles. The van der Waals surface area contributed by atoms with Gasteiger partial charge in [0.15, 0.2) is 0 Å². The van der Waals surface area contributed by atoms with Gasteiger partial charge in [-0.3, -0.25) is 4.79 Å². The molecule has 0 bridgehead atoms. The van der Waals surface area contributed by atoms with Gasteiger partial charge in [0, 0.05) is 19.7 Å². The Morgan fingerprint density at radius 3 is 2.82 bits per heavy atom. The number of carbonyl (C=O) groups is 1. The minimum absolute atomic E-state index is 0.0868. The third-order valence-corrected chi connectivity index (χ3v) is 3.63. The quantitative estimate of drug-likeness (QED) is 0.792. The van der Waals surface area contributed by atoms with E-state index < -0.39 is 0 Å². The van der Waals surface area contributed by atoms with E-state index in [1.807, 2.05) is 18.7 Å². The lowest BCUT2D eigenvalue weighted by Crippen LogP contribution is -2.51. The molecule has 4 heteroatoms. The average molecular weight is 242 g/mol. The first kappa shape index (κ1) is 14.5. The summed E-state index contributed by atoms with van der Waals surface area (Å²) in [6.45, 7) is 8.34. The van der Waals surface area contributed by atoms with Gasteiger partial charge in [0.1, 0.15) is 0 Å². The highest BCUT2D eigenvalue weighted by Crippen LogP contribution is 2.16. The van der Waals surface area contributed by atoms with Gasteiger partial charge in [-0.15, -0.1) is 0 Å². The number of nitrogens with zero attached hydrogens (tertiary/aromatic N) is 1. The van der Waals surface area contributed by atoms with E-state index in [0.29, 0.717) is 13.2 Å². The summed E-state index contributed by atoms with van der Waals surface area (Å²) in [5, 5.41) is 0. The number of piperidine rings is 1. The first-order valence-corrected chi connectivity index (χ1v) is 6.76. The Morgan fingerprint density at radius 1 is 1.53 bits per heavy atom.